The summed E-state index contributed by atoms with van der Waals surface area (Å²) in [4.78, 5) is 29.1. The Morgan fingerprint density at radius 2 is 1.59 bits per heavy atom. The molecule has 0 heterocycles. The van der Waals surface area contributed by atoms with Gasteiger partial charge in [-0.15, -0.1) is 0 Å². The Labute approximate surface area is 241 Å². The number of hydrogen-bond donors (Lipinski definition) is 1. The van der Waals surface area contributed by atoms with Crippen LogP contribution in [0.3, 0.4) is 0 Å². The average Bonchev–Trinajstić information content (AvgIpc) is 2.92. The van der Waals surface area contributed by atoms with Crippen molar-refractivity contribution in [1.29, 1.82) is 0 Å². The van der Waals surface area contributed by atoms with Crippen LogP contribution in [0.1, 0.15) is 43.2 Å². The maximum atomic E-state index is 13.8. The van der Waals surface area contributed by atoms with E-state index < -0.39 is 6.04 Å². The molecule has 1 unspecified atom stereocenters. The maximum absolute atomic E-state index is 13.8. The SMILES string of the molecule is O=C(NC1CCCCC1)C(Cc1ccccc1)N(Cc1ccc(Br)cc1)C(=O)COc1ccc(I)cc1. The highest BCUT2D eigenvalue weighted by Gasteiger charge is 2.32. The van der Waals surface area contributed by atoms with Gasteiger partial charge in [0.15, 0.2) is 6.61 Å². The molecule has 0 saturated heterocycles. The monoisotopic (exact) mass is 674 g/mol. The summed E-state index contributed by atoms with van der Waals surface area (Å²) in [6.45, 7) is 0.177. The molecule has 3 aromatic rings. The van der Waals surface area contributed by atoms with E-state index in [1.165, 1.54) is 6.42 Å². The smallest absolute Gasteiger partial charge is 0.261 e. The lowest BCUT2D eigenvalue weighted by molar-refractivity contribution is -0.143. The number of carbonyl (C=O) groups is 2. The van der Waals surface area contributed by atoms with Gasteiger partial charge in [-0.1, -0.05) is 77.7 Å². The second-order valence-electron chi connectivity index (χ2n) is 9.44. The molecule has 0 radical (unpaired) electrons. The van der Waals surface area contributed by atoms with E-state index in [2.05, 4.69) is 43.8 Å². The van der Waals surface area contributed by atoms with Gasteiger partial charge < -0.3 is 15.0 Å². The Kier molecular flexibility index (Phi) is 10.4. The lowest BCUT2D eigenvalue weighted by Gasteiger charge is -2.33. The quantitative estimate of drug-likeness (QED) is 0.249. The molecule has 0 spiro atoms. The molecule has 1 aliphatic rings. The number of rotatable bonds is 10. The second kappa shape index (κ2) is 14.0. The summed E-state index contributed by atoms with van der Waals surface area (Å²) >= 11 is 5.72. The highest BCUT2D eigenvalue weighted by atomic mass is 127. The van der Waals surface area contributed by atoms with Crippen LogP contribution in [0.25, 0.3) is 0 Å². The first-order valence-electron chi connectivity index (χ1n) is 12.7. The van der Waals surface area contributed by atoms with Gasteiger partial charge in [0, 0.05) is 27.1 Å². The molecule has 0 aliphatic heterocycles. The molecule has 2 amide bonds. The highest BCUT2D eigenvalue weighted by molar-refractivity contribution is 14.1. The lowest BCUT2D eigenvalue weighted by atomic mass is 9.94. The van der Waals surface area contributed by atoms with E-state index in [1.807, 2.05) is 78.9 Å². The van der Waals surface area contributed by atoms with Crippen molar-refractivity contribution in [2.24, 2.45) is 0 Å². The summed E-state index contributed by atoms with van der Waals surface area (Å²) in [5.41, 5.74) is 1.97. The van der Waals surface area contributed by atoms with Gasteiger partial charge in [-0.05, 0) is 83.0 Å². The third kappa shape index (κ3) is 8.57. The van der Waals surface area contributed by atoms with Gasteiger partial charge in [-0.25, -0.2) is 0 Å². The molecule has 1 N–H and O–H groups in total. The fraction of sp³-hybridized carbons (Fsp3) is 0.333. The predicted octanol–water partition coefficient (Wildman–Crippen LogP) is 6.52. The van der Waals surface area contributed by atoms with Crippen LogP contribution in [0.4, 0.5) is 0 Å². The Morgan fingerprint density at radius 1 is 0.919 bits per heavy atom. The Hall–Kier alpha value is -2.39. The van der Waals surface area contributed by atoms with E-state index in [9.17, 15) is 9.59 Å². The van der Waals surface area contributed by atoms with E-state index in [0.717, 1.165) is 44.9 Å². The molecule has 0 aromatic heterocycles. The molecular formula is C30H32BrIN2O3. The van der Waals surface area contributed by atoms with Crippen LogP contribution in [-0.4, -0.2) is 35.4 Å². The normalized spacial score (nSPS) is 14.5. The van der Waals surface area contributed by atoms with E-state index >= 15 is 0 Å². The van der Waals surface area contributed by atoms with Crippen molar-refractivity contribution in [3.63, 3.8) is 0 Å². The van der Waals surface area contributed by atoms with E-state index in [0.29, 0.717) is 18.7 Å². The molecule has 7 heteroatoms. The molecule has 4 rings (SSSR count). The molecule has 5 nitrogen and oxygen atoms in total. The molecule has 1 atom stereocenters. The summed E-state index contributed by atoms with van der Waals surface area (Å²) in [7, 11) is 0. The molecular weight excluding hydrogens is 643 g/mol. The summed E-state index contributed by atoms with van der Waals surface area (Å²) in [6, 6.07) is 24.8. The van der Waals surface area contributed by atoms with E-state index in [-0.39, 0.29) is 24.5 Å². The van der Waals surface area contributed by atoms with Gasteiger partial charge in [-0.2, -0.15) is 0 Å². The third-order valence-electron chi connectivity index (χ3n) is 6.66. The molecule has 3 aromatic carbocycles. The van der Waals surface area contributed by atoms with Crippen molar-refractivity contribution in [3.05, 3.63) is 98.0 Å². The first-order valence-corrected chi connectivity index (χ1v) is 14.6. The fourth-order valence-electron chi connectivity index (χ4n) is 4.64. The first-order chi connectivity index (χ1) is 18.0. The van der Waals surface area contributed by atoms with Gasteiger partial charge >= 0.3 is 0 Å². The molecule has 1 saturated carbocycles. The Balaban J connectivity index is 1.59. The minimum atomic E-state index is -0.652. The number of benzene rings is 3. The van der Waals surface area contributed by atoms with Crippen molar-refractivity contribution in [2.45, 2.75) is 57.2 Å². The predicted molar refractivity (Wildman–Crippen MR) is 158 cm³/mol. The van der Waals surface area contributed by atoms with Crippen LogP contribution in [0, 0.1) is 3.57 Å². The minimum absolute atomic E-state index is 0.101. The molecule has 37 heavy (non-hydrogen) atoms. The number of ether oxygens (including phenoxy) is 1. The third-order valence-corrected chi connectivity index (χ3v) is 7.91. The van der Waals surface area contributed by atoms with Crippen LogP contribution in [0.5, 0.6) is 5.75 Å². The number of hydrogen-bond acceptors (Lipinski definition) is 3. The lowest BCUT2D eigenvalue weighted by Crippen LogP contribution is -2.53. The van der Waals surface area contributed by atoms with Crippen LogP contribution in [0.2, 0.25) is 0 Å². The van der Waals surface area contributed by atoms with Gasteiger partial charge in [-0.3, -0.25) is 9.59 Å². The van der Waals surface area contributed by atoms with Gasteiger partial charge in [0.05, 0.1) is 0 Å². The average molecular weight is 675 g/mol. The van der Waals surface area contributed by atoms with Crippen LogP contribution >= 0.6 is 38.5 Å². The van der Waals surface area contributed by atoms with Gasteiger partial charge in [0.2, 0.25) is 5.91 Å². The standard InChI is InChI=1S/C30H32BrIN2O3/c31-24-13-11-23(12-14-24)20-34(29(35)21-37-27-17-15-25(32)16-18-27)28(19-22-7-3-1-4-8-22)30(36)33-26-9-5-2-6-10-26/h1,3-4,7-8,11-18,26,28H,2,5-6,9-10,19-21H2,(H,33,36). The number of amides is 2. The first kappa shape index (κ1) is 27.6. The number of nitrogens with zero attached hydrogens (tertiary/aromatic N) is 1. The minimum Gasteiger partial charge on any atom is -0.484 e. The maximum Gasteiger partial charge on any atom is 0.261 e. The summed E-state index contributed by atoms with van der Waals surface area (Å²) < 4.78 is 7.91. The fourth-order valence-corrected chi connectivity index (χ4v) is 5.27. The zero-order chi connectivity index (χ0) is 26.0. The number of halogens is 2. The van der Waals surface area contributed by atoms with Gasteiger partial charge in [0.25, 0.3) is 5.91 Å². The van der Waals surface area contributed by atoms with E-state index in [1.54, 1.807) is 4.90 Å². The largest absolute Gasteiger partial charge is 0.484 e. The van der Waals surface area contributed by atoms with Crippen LogP contribution in [-0.2, 0) is 22.6 Å². The van der Waals surface area contributed by atoms with Gasteiger partial charge in [0.1, 0.15) is 11.8 Å². The van der Waals surface area contributed by atoms with Crippen molar-refractivity contribution >= 4 is 50.3 Å². The molecule has 194 valence electrons. The van der Waals surface area contributed by atoms with E-state index in [4.69, 9.17) is 4.74 Å². The topological polar surface area (TPSA) is 58.6 Å². The van der Waals surface area contributed by atoms with Crippen LogP contribution < -0.4 is 10.1 Å². The van der Waals surface area contributed by atoms with Crippen molar-refractivity contribution in [1.82, 2.24) is 10.2 Å². The zero-order valence-electron chi connectivity index (χ0n) is 20.7. The van der Waals surface area contributed by atoms with Crippen molar-refractivity contribution in [3.8, 4) is 5.75 Å². The highest BCUT2D eigenvalue weighted by Crippen LogP contribution is 2.21. The van der Waals surface area contributed by atoms with Crippen LogP contribution in [0.15, 0.2) is 83.3 Å². The molecule has 1 fully saturated rings. The number of carbonyl (C=O) groups excluding carboxylic acids is 2. The molecule has 0 bridgehead atoms. The number of nitrogens with one attached hydrogen (secondary N) is 1. The van der Waals surface area contributed by atoms with Crippen molar-refractivity contribution in [2.75, 3.05) is 6.61 Å². The zero-order valence-corrected chi connectivity index (χ0v) is 24.5. The Bertz CT molecular complexity index is 1150. The van der Waals surface area contributed by atoms with Crippen molar-refractivity contribution < 1.29 is 14.3 Å². The Morgan fingerprint density at radius 3 is 2.27 bits per heavy atom. The summed E-state index contributed by atoms with van der Waals surface area (Å²) in [5, 5.41) is 3.27. The summed E-state index contributed by atoms with van der Waals surface area (Å²) in [6.07, 6.45) is 5.87. The summed E-state index contributed by atoms with van der Waals surface area (Å²) in [5.74, 6) is 0.306. The molecule has 1 aliphatic carbocycles. The second-order valence-corrected chi connectivity index (χ2v) is 11.6.